The summed E-state index contributed by atoms with van der Waals surface area (Å²) in [5.41, 5.74) is 0.461. The Labute approximate surface area is 83.8 Å². The number of hydrogen-bond donors (Lipinski definition) is 2. The van der Waals surface area contributed by atoms with Crippen LogP contribution < -0.4 is 10.2 Å². The average Bonchev–Trinajstić information content (AvgIpc) is 2.19. The first kappa shape index (κ1) is 10.8. The molecule has 0 saturated heterocycles. The summed E-state index contributed by atoms with van der Waals surface area (Å²) < 4.78 is 5.33. The highest BCUT2D eigenvalue weighted by atomic mass is 16.5. The fraction of sp³-hybridized carbons (Fsp3) is 0.200. The third kappa shape index (κ3) is 3.24. The first-order valence-electron chi connectivity index (χ1n) is 4.44. The van der Waals surface area contributed by atoms with Gasteiger partial charge >= 0.3 is 7.12 Å². The molecule has 0 amide bonds. The summed E-state index contributed by atoms with van der Waals surface area (Å²) >= 11 is 0. The number of ether oxygens (including phenoxy) is 1. The van der Waals surface area contributed by atoms with E-state index in [1.165, 1.54) is 0 Å². The Hall–Kier alpha value is -1.26. The van der Waals surface area contributed by atoms with E-state index in [9.17, 15) is 0 Å². The van der Waals surface area contributed by atoms with Crippen molar-refractivity contribution in [1.29, 1.82) is 0 Å². The molecule has 74 valence electrons. The second-order valence-electron chi connectivity index (χ2n) is 2.82. The largest absolute Gasteiger partial charge is 0.490 e. The van der Waals surface area contributed by atoms with Crippen LogP contribution >= 0.6 is 0 Å². The predicted molar refractivity (Wildman–Crippen MR) is 56.6 cm³/mol. The van der Waals surface area contributed by atoms with Gasteiger partial charge in [0.1, 0.15) is 12.4 Å². The maximum atomic E-state index is 8.83. The molecule has 2 N–H and O–H groups in total. The van der Waals surface area contributed by atoms with E-state index in [1.54, 1.807) is 24.3 Å². The van der Waals surface area contributed by atoms with Crippen molar-refractivity contribution in [3.8, 4) is 5.75 Å². The standard InChI is InChI=1S/C10H13BO3/c1-2-3-8-14-10-6-4-9(5-7-10)11(12)13/h2-7,12-13H,8H2,1H3/b3-2+. The zero-order chi connectivity index (χ0) is 10.4. The minimum absolute atomic E-state index is 0.461. The lowest BCUT2D eigenvalue weighted by Crippen LogP contribution is -2.29. The molecule has 14 heavy (non-hydrogen) atoms. The van der Waals surface area contributed by atoms with Gasteiger partial charge in [-0.2, -0.15) is 0 Å². The molecule has 3 nitrogen and oxygen atoms in total. The molecular weight excluding hydrogens is 179 g/mol. The number of hydrogen-bond acceptors (Lipinski definition) is 3. The molecule has 1 aromatic carbocycles. The summed E-state index contributed by atoms with van der Waals surface area (Å²) in [4.78, 5) is 0. The third-order valence-electron chi connectivity index (χ3n) is 1.76. The van der Waals surface area contributed by atoms with Crippen LogP contribution in [0.25, 0.3) is 0 Å². The Bertz CT molecular complexity index is 293. The Morgan fingerprint density at radius 3 is 2.43 bits per heavy atom. The van der Waals surface area contributed by atoms with Gasteiger partial charge in [0.25, 0.3) is 0 Å². The van der Waals surface area contributed by atoms with E-state index in [2.05, 4.69) is 0 Å². The van der Waals surface area contributed by atoms with E-state index in [0.717, 1.165) is 0 Å². The summed E-state index contributed by atoms with van der Waals surface area (Å²) in [6.07, 6.45) is 3.81. The van der Waals surface area contributed by atoms with Crippen LogP contribution in [0.3, 0.4) is 0 Å². The fourth-order valence-corrected chi connectivity index (χ4v) is 0.977. The van der Waals surface area contributed by atoms with Crippen LogP contribution in [0.1, 0.15) is 6.92 Å². The van der Waals surface area contributed by atoms with Gasteiger partial charge in [-0.1, -0.05) is 24.3 Å². The molecule has 0 spiro atoms. The third-order valence-corrected chi connectivity index (χ3v) is 1.76. The average molecular weight is 192 g/mol. The molecular formula is C10H13BO3. The number of benzene rings is 1. The van der Waals surface area contributed by atoms with Crippen LogP contribution in [0.5, 0.6) is 5.75 Å². The maximum Gasteiger partial charge on any atom is 0.488 e. The predicted octanol–water partition coefficient (Wildman–Crippen LogP) is 0.321. The zero-order valence-corrected chi connectivity index (χ0v) is 8.05. The lowest BCUT2D eigenvalue weighted by atomic mass is 9.80. The molecule has 4 heteroatoms. The van der Waals surface area contributed by atoms with Crippen LogP contribution in [0.4, 0.5) is 0 Å². The fourth-order valence-electron chi connectivity index (χ4n) is 0.977. The molecule has 1 rings (SSSR count). The van der Waals surface area contributed by atoms with Crippen LogP contribution in [0.15, 0.2) is 36.4 Å². The van der Waals surface area contributed by atoms with Crippen LogP contribution in [0.2, 0.25) is 0 Å². The van der Waals surface area contributed by atoms with E-state index in [0.29, 0.717) is 17.8 Å². The lowest BCUT2D eigenvalue weighted by Gasteiger charge is -2.04. The van der Waals surface area contributed by atoms with Gasteiger partial charge in [-0.05, 0) is 24.5 Å². The monoisotopic (exact) mass is 192 g/mol. The molecule has 0 saturated carbocycles. The van der Waals surface area contributed by atoms with Gasteiger partial charge in [0.05, 0.1) is 0 Å². The Balaban J connectivity index is 2.55. The van der Waals surface area contributed by atoms with Gasteiger partial charge in [0, 0.05) is 0 Å². The van der Waals surface area contributed by atoms with Gasteiger partial charge < -0.3 is 14.8 Å². The van der Waals surface area contributed by atoms with Crippen molar-refractivity contribution in [3.63, 3.8) is 0 Å². The quantitative estimate of drug-likeness (QED) is 0.533. The van der Waals surface area contributed by atoms with Crippen molar-refractivity contribution in [3.05, 3.63) is 36.4 Å². The molecule has 0 aliphatic heterocycles. The van der Waals surface area contributed by atoms with Crippen LogP contribution in [0, 0.1) is 0 Å². The van der Waals surface area contributed by atoms with Gasteiger partial charge in [0.15, 0.2) is 0 Å². The van der Waals surface area contributed by atoms with Gasteiger partial charge in [-0.15, -0.1) is 0 Å². The van der Waals surface area contributed by atoms with Gasteiger partial charge in [-0.25, -0.2) is 0 Å². The van der Waals surface area contributed by atoms with Crippen LogP contribution in [-0.2, 0) is 0 Å². The van der Waals surface area contributed by atoms with Crippen molar-refractivity contribution in [2.24, 2.45) is 0 Å². The highest BCUT2D eigenvalue weighted by Crippen LogP contribution is 2.07. The van der Waals surface area contributed by atoms with Crippen molar-refractivity contribution in [2.75, 3.05) is 6.61 Å². The van der Waals surface area contributed by atoms with E-state index < -0.39 is 7.12 Å². The van der Waals surface area contributed by atoms with E-state index >= 15 is 0 Å². The normalized spacial score (nSPS) is 10.5. The number of rotatable bonds is 4. The Morgan fingerprint density at radius 2 is 1.93 bits per heavy atom. The Kier molecular flexibility index (Phi) is 4.23. The number of allylic oxidation sites excluding steroid dienone is 1. The van der Waals surface area contributed by atoms with Crippen molar-refractivity contribution < 1.29 is 14.8 Å². The smallest absolute Gasteiger partial charge is 0.488 e. The summed E-state index contributed by atoms with van der Waals surface area (Å²) in [5, 5.41) is 17.7. The van der Waals surface area contributed by atoms with Crippen molar-refractivity contribution in [1.82, 2.24) is 0 Å². The van der Waals surface area contributed by atoms with Crippen molar-refractivity contribution in [2.45, 2.75) is 6.92 Å². The minimum atomic E-state index is -1.42. The molecule has 0 radical (unpaired) electrons. The van der Waals surface area contributed by atoms with Gasteiger partial charge in [0.2, 0.25) is 0 Å². The molecule has 0 fully saturated rings. The zero-order valence-electron chi connectivity index (χ0n) is 8.05. The molecule has 0 aliphatic carbocycles. The first-order chi connectivity index (χ1) is 6.74. The second kappa shape index (κ2) is 5.47. The van der Waals surface area contributed by atoms with E-state index in [1.807, 2.05) is 19.1 Å². The van der Waals surface area contributed by atoms with Crippen molar-refractivity contribution >= 4 is 12.6 Å². The van der Waals surface area contributed by atoms with E-state index in [4.69, 9.17) is 14.8 Å². The molecule has 1 aromatic rings. The summed E-state index contributed by atoms with van der Waals surface area (Å²) in [6, 6.07) is 6.65. The summed E-state index contributed by atoms with van der Waals surface area (Å²) in [7, 11) is -1.42. The lowest BCUT2D eigenvalue weighted by molar-refractivity contribution is 0.363. The summed E-state index contributed by atoms with van der Waals surface area (Å²) in [5.74, 6) is 0.715. The Morgan fingerprint density at radius 1 is 1.29 bits per heavy atom. The maximum absolute atomic E-state index is 8.83. The molecule has 0 heterocycles. The summed E-state index contributed by atoms with van der Waals surface area (Å²) in [6.45, 7) is 2.45. The minimum Gasteiger partial charge on any atom is -0.490 e. The topological polar surface area (TPSA) is 49.7 Å². The molecule has 0 bridgehead atoms. The molecule has 0 atom stereocenters. The SMILES string of the molecule is C/C=C/COc1ccc(B(O)O)cc1. The second-order valence-corrected chi connectivity index (χ2v) is 2.82. The molecule has 0 aromatic heterocycles. The molecule has 0 aliphatic rings. The highest BCUT2D eigenvalue weighted by molar-refractivity contribution is 6.58. The highest BCUT2D eigenvalue weighted by Gasteiger charge is 2.09. The van der Waals surface area contributed by atoms with Crippen LogP contribution in [-0.4, -0.2) is 23.8 Å². The van der Waals surface area contributed by atoms with Gasteiger partial charge in [-0.3, -0.25) is 0 Å². The first-order valence-corrected chi connectivity index (χ1v) is 4.44. The van der Waals surface area contributed by atoms with E-state index in [-0.39, 0.29) is 0 Å². The molecule has 0 unspecified atom stereocenters.